The number of rotatable bonds is 4. The molecule has 0 aromatic carbocycles. The van der Waals surface area contributed by atoms with Crippen molar-refractivity contribution in [2.75, 3.05) is 32.7 Å². The van der Waals surface area contributed by atoms with Gasteiger partial charge in [0.25, 0.3) is 0 Å². The molecule has 1 aliphatic heterocycles. The highest BCUT2D eigenvalue weighted by Crippen LogP contribution is 2.18. The van der Waals surface area contributed by atoms with Crippen LogP contribution in [-0.2, 0) is 6.42 Å². The molecular formula is C12H21N3S. The van der Waals surface area contributed by atoms with E-state index in [0.717, 1.165) is 26.1 Å². The molecule has 2 heterocycles. The maximum atomic E-state index is 4.67. The summed E-state index contributed by atoms with van der Waals surface area (Å²) >= 11 is 1.81. The van der Waals surface area contributed by atoms with E-state index >= 15 is 0 Å². The molecule has 0 aliphatic carbocycles. The molecule has 90 valence electrons. The van der Waals surface area contributed by atoms with Gasteiger partial charge >= 0.3 is 0 Å². The van der Waals surface area contributed by atoms with Crippen LogP contribution in [0.2, 0.25) is 0 Å². The van der Waals surface area contributed by atoms with Crippen LogP contribution >= 0.6 is 11.3 Å². The third-order valence-corrected chi connectivity index (χ3v) is 3.94. The van der Waals surface area contributed by atoms with E-state index in [1.807, 2.05) is 11.3 Å². The Hall–Kier alpha value is -0.450. The summed E-state index contributed by atoms with van der Waals surface area (Å²) in [6.45, 7) is 10.2. The molecular weight excluding hydrogens is 218 g/mol. The van der Waals surface area contributed by atoms with Crippen LogP contribution < -0.4 is 5.32 Å². The van der Waals surface area contributed by atoms with Crippen molar-refractivity contribution in [3.63, 3.8) is 0 Å². The third-order valence-electron chi connectivity index (χ3n) is 3.01. The van der Waals surface area contributed by atoms with E-state index in [9.17, 15) is 0 Å². The molecule has 0 spiro atoms. The van der Waals surface area contributed by atoms with Crippen LogP contribution in [0.25, 0.3) is 0 Å². The topological polar surface area (TPSA) is 28.2 Å². The first kappa shape index (κ1) is 12.0. The Morgan fingerprint density at radius 1 is 1.44 bits per heavy atom. The maximum Gasteiger partial charge on any atom is 0.0941 e. The van der Waals surface area contributed by atoms with Crippen LogP contribution in [0.1, 0.15) is 30.5 Å². The average Bonchev–Trinajstić information content (AvgIpc) is 2.76. The summed E-state index contributed by atoms with van der Waals surface area (Å²) in [4.78, 5) is 7.19. The zero-order chi connectivity index (χ0) is 11.4. The number of thiazole rings is 1. The molecule has 2 rings (SSSR count). The number of nitrogens with one attached hydrogen (secondary N) is 1. The molecule has 3 nitrogen and oxygen atoms in total. The van der Waals surface area contributed by atoms with Gasteiger partial charge in [0.15, 0.2) is 0 Å². The van der Waals surface area contributed by atoms with Crippen molar-refractivity contribution in [2.45, 2.75) is 26.2 Å². The van der Waals surface area contributed by atoms with Gasteiger partial charge in [-0.2, -0.15) is 0 Å². The summed E-state index contributed by atoms with van der Waals surface area (Å²) < 4.78 is 0. The number of nitrogens with zero attached hydrogens (tertiary/aromatic N) is 2. The summed E-state index contributed by atoms with van der Waals surface area (Å²) in [5.41, 5.74) is 1.25. The van der Waals surface area contributed by atoms with Crippen molar-refractivity contribution in [3.8, 4) is 0 Å². The van der Waals surface area contributed by atoms with Crippen LogP contribution in [0.5, 0.6) is 0 Å². The summed E-state index contributed by atoms with van der Waals surface area (Å²) in [7, 11) is 0. The van der Waals surface area contributed by atoms with Gasteiger partial charge in [-0.05, 0) is 5.92 Å². The van der Waals surface area contributed by atoms with Gasteiger partial charge in [0.1, 0.15) is 0 Å². The molecule has 0 unspecified atom stereocenters. The quantitative estimate of drug-likeness (QED) is 0.867. The fraction of sp³-hybridized carbons (Fsp3) is 0.750. The number of piperazine rings is 1. The van der Waals surface area contributed by atoms with Crippen molar-refractivity contribution in [1.29, 1.82) is 0 Å². The first-order chi connectivity index (χ1) is 7.75. The van der Waals surface area contributed by atoms with E-state index in [1.54, 1.807) is 0 Å². The normalized spacial score (nSPS) is 18.2. The van der Waals surface area contributed by atoms with Crippen LogP contribution in [-0.4, -0.2) is 42.6 Å². The Morgan fingerprint density at radius 2 is 2.19 bits per heavy atom. The van der Waals surface area contributed by atoms with Gasteiger partial charge in [-0.15, -0.1) is 11.3 Å². The van der Waals surface area contributed by atoms with E-state index in [2.05, 4.69) is 34.4 Å². The first-order valence-electron chi connectivity index (χ1n) is 6.13. The van der Waals surface area contributed by atoms with Gasteiger partial charge in [-0.1, -0.05) is 13.8 Å². The van der Waals surface area contributed by atoms with Crippen LogP contribution in [0.15, 0.2) is 5.38 Å². The van der Waals surface area contributed by atoms with Crippen LogP contribution in [0.4, 0.5) is 0 Å². The summed E-state index contributed by atoms with van der Waals surface area (Å²) in [6.07, 6.45) is 1.11. The highest BCUT2D eigenvalue weighted by atomic mass is 32.1. The fourth-order valence-corrected chi connectivity index (χ4v) is 2.84. The Balaban J connectivity index is 1.79. The monoisotopic (exact) mass is 239 g/mol. The Morgan fingerprint density at radius 3 is 2.81 bits per heavy atom. The fourth-order valence-electron chi connectivity index (χ4n) is 1.89. The van der Waals surface area contributed by atoms with Gasteiger partial charge in [-0.3, -0.25) is 0 Å². The molecule has 1 aliphatic rings. The lowest BCUT2D eigenvalue weighted by molar-refractivity contribution is 0.244. The average molecular weight is 239 g/mol. The largest absolute Gasteiger partial charge is 0.314 e. The van der Waals surface area contributed by atoms with E-state index in [1.165, 1.54) is 23.8 Å². The zero-order valence-electron chi connectivity index (χ0n) is 10.2. The molecule has 1 fully saturated rings. The zero-order valence-corrected chi connectivity index (χ0v) is 11.0. The minimum atomic E-state index is 0.559. The standard InChI is InChI=1S/C12H21N3S/c1-10(2)11-9-16-12(14-11)3-6-15-7-4-13-5-8-15/h9-10,13H,3-8H2,1-2H3. The summed E-state index contributed by atoms with van der Waals surface area (Å²) in [5.74, 6) is 0.559. The Kier molecular flexibility index (Phi) is 4.32. The van der Waals surface area contributed by atoms with Gasteiger partial charge < -0.3 is 10.2 Å². The van der Waals surface area contributed by atoms with E-state index < -0.39 is 0 Å². The Labute approximate surface area is 102 Å². The van der Waals surface area contributed by atoms with Crippen molar-refractivity contribution in [2.24, 2.45) is 0 Å². The minimum absolute atomic E-state index is 0.559. The molecule has 1 aromatic heterocycles. The second-order valence-electron chi connectivity index (χ2n) is 4.66. The van der Waals surface area contributed by atoms with Gasteiger partial charge in [0, 0.05) is 44.5 Å². The van der Waals surface area contributed by atoms with Crippen LogP contribution in [0.3, 0.4) is 0 Å². The van der Waals surface area contributed by atoms with Crippen molar-refractivity contribution in [1.82, 2.24) is 15.2 Å². The highest BCUT2D eigenvalue weighted by Gasteiger charge is 2.11. The van der Waals surface area contributed by atoms with Crippen molar-refractivity contribution >= 4 is 11.3 Å². The predicted octanol–water partition coefficient (Wildman–Crippen LogP) is 1.71. The molecule has 0 saturated carbocycles. The number of aromatic nitrogens is 1. The molecule has 1 aromatic rings. The second-order valence-corrected chi connectivity index (χ2v) is 5.61. The van der Waals surface area contributed by atoms with Crippen LogP contribution in [0, 0.1) is 0 Å². The molecule has 4 heteroatoms. The van der Waals surface area contributed by atoms with Gasteiger partial charge in [0.2, 0.25) is 0 Å². The highest BCUT2D eigenvalue weighted by molar-refractivity contribution is 7.09. The number of hydrogen-bond donors (Lipinski definition) is 1. The SMILES string of the molecule is CC(C)c1csc(CCN2CCNCC2)n1. The molecule has 1 saturated heterocycles. The molecule has 0 radical (unpaired) electrons. The van der Waals surface area contributed by atoms with E-state index in [4.69, 9.17) is 0 Å². The van der Waals surface area contributed by atoms with Gasteiger partial charge in [0.05, 0.1) is 10.7 Å². The third kappa shape index (κ3) is 3.27. The second kappa shape index (κ2) is 5.75. The number of hydrogen-bond acceptors (Lipinski definition) is 4. The van der Waals surface area contributed by atoms with E-state index in [0.29, 0.717) is 5.92 Å². The lowest BCUT2D eigenvalue weighted by atomic mass is 10.2. The van der Waals surface area contributed by atoms with Crippen molar-refractivity contribution in [3.05, 3.63) is 16.1 Å². The lowest BCUT2D eigenvalue weighted by Gasteiger charge is -2.26. The lowest BCUT2D eigenvalue weighted by Crippen LogP contribution is -2.44. The predicted molar refractivity (Wildman–Crippen MR) is 69.2 cm³/mol. The van der Waals surface area contributed by atoms with Crippen molar-refractivity contribution < 1.29 is 0 Å². The molecule has 0 amide bonds. The Bertz CT molecular complexity index is 316. The van der Waals surface area contributed by atoms with Gasteiger partial charge in [-0.25, -0.2) is 4.98 Å². The maximum absolute atomic E-state index is 4.67. The first-order valence-corrected chi connectivity index (χ1v) is 7.01. The molecule has 0 atom stereocenters. The summed E-state index contributed by atoms with van der Waals surface area (Å²) in [6, 6.07) is 0. The minimum Gasteiger partial charge on any atom is -0.314 e. The molecule has 16 heavy (non-hydrogen) atoms. The molecule has 1 N–H and O–H groups in total. The smallest absolute Gasteiger partial charge is 0.0941 e. The molecule has 0 bridgehead atoms. The summed E-state index contributed by atoms with van der Waals surface area (Å²) in [5, 5.41) is 6.88. The van der Waals surface area contributed by atoms with E-state index in [-0.39, 0.29) is 0 Å².